The molecule has 0 fully saturated rings. The standard InChI is InChI=1S/C21H20N6O4S2/c1-12-4-3-5-17(13(12)2)24-18(28)11-32-21-25-19-16(20(29)26-21)10-23-27(19)14-6-8-15(9-7-14)33(22,30)31/h3-10H,11H2,1-2H3,(H,24,28)(H2,22,30,31)(H,25,26,29). The van der Waals surface area contributed by atoms with Crippen molar-refractivity contribution in [1.82, 2.24) is 19.7 Å². The minimum atomic E-state index is -3.83. The number of aryl methyl sites for hydroxylation is 1. The quantitative estimate of drug-likeness (QED) is 0.280. The van der Waals surface area contributed by atoms with Crippen molar-refractivity contribution >= 4 is 44.4 Å². The number of amides is 1. The molecule has 0 saturated heterocycles. The van der Waals surface area contributed by atoms with Gasteiger partial charge in [0.25, 0.3) is 5.56 Å². The number of nitrogens with one attached hydrogen (secondary N) is 2. The summed E-state index contributed by atoms with van der Waals surface area (Å²) in [6.07, 6.45) is 1.37. The molecule has 0 aliphatic carbocycles. The van der Waals surface area contributed by atoms with Gasteiger partial charge in [0.15, 0.2) is 10.8 Å². The number of aromatic amines is 1. The predicted molar refractivity (Wildman–Crippen MR) is 126 cm³/mol. The molecule has 2 aromatic heterocycles. The Morgan fingerprint density at radius 1 is 1.18 bits per heavy atom. The van der Waals surface area contributed by atoms with E-state index in [4.69, 9.17) is 5.14 Å². The average molecular weight is 485 g/mol. The van der Waals surface area contributed by atoms with Crippen LogP contribution in [0.3, 0.4) is 0 Å². The van der Waals surface area contributed by atoms with Crippen molar-refractivity contribution in [3.05, 3.63) is 70.1 Å². The zero-order valence-electron chi connectivity index (χ0n) is 17.7. The summed E-state index contributed by atoms with van der Waals surface area (Å²) < 4.78 is 24.4. The van der Waals surface area contributed by atoms with Crippen molar-refractivity contribution in [3.8, 4) is 5.69 Å². The van der Waals surface area contributed by atoms with Gasteiger partial charge in [0.2, 0.25) is 15.9 Å². The number of aromatic nitrogens is 4. The molecule has 12 heteroatoms. The maximum Gasteiger partial charge on any atom is 0.262 e. The largest absolute Gasteiger partial charge is 0.325 e. The van der Waals surface area contributed by atoms with Crippen LogP contribution in [0.15, 0.2) is 63.5 Å². The van der Waals surface area contributed by atoms with Crippen LogP contribution in [0, 0.1) is 13.8 Å². The third kappa shape index (κ3) is 4.82. The van der Waals surface area contributed by atoms with Crippen LogP contribution in [0.2, 0.25) is 0 Å². The number of rotatable bonds is 6. The van der Waals surface area contributed by atoms with E-state index in [1.54, 1.807) is 0 Å². The van der Waals surface area contributed by atoms with Gasteiger partial charge in [0.05, 0.1) is 22.5 Å². The van der Waals surface area contributed by atoms with Crippen molar-refractivity contribution < 1.29 is 13.2 Å². The van der Waals surface area contributed by atoms with Gasteiger partial charge in [0.1, 0.15) is 5.39 Å². The number of nitrogens with zero attached hydrogens (tertiary/aromatic N) is 3. The molecule has 0 bridgehead atoms. The number of benzene rings is 2. The highest BCUT2D eigenvalue weighted by molar-refractivity contribution is 7.99. The van der Waals surface area contributed by atoms with Crippen LogP contribution in [0.5, 0.6) is 0 Å². The summed E-state index contributed by atoms with van der Waals surface area (Å²) >= 11 is 1.08. The predicted octanol–water partition coefficient (Wildman–Crippen LogP) is 2.10. The Hall–Kier alpha value is -3.48. The molecular weight excluding hydrogens is 464 g/mol. The maximum absolute atomic E-state index is 12.5. The molecule has 0 radical (unpaired) electrons. The highest BCUT2D eigenvalue weighted by atomic mass is 32.2. The number of thioether (sulfide) groups is 1. The molecule has 0 unspecified atom stereocenters. The van der Waals surface area contributed by atoms with Gasteiger partial charge in [-0.05, 0) is 55.3 Å². The Morgan fingerprint density at radius 3 is 2.61 bits per heavy atom. The maximum atomic E-state index is 12.5. The van der Waals surface area contributed by atoms with E-state index in [2.05, 4.69) is 20.4 Å². The van der Waals surface area contributed by atoms with Crippen LogP contribution in [-0.2, 0) is 14.8 Å². The summed E-state index contributed by atoms with van der Waals surface area (Å²) in [4.78, 5) is 32.0. The number of hydrogen-bond donors (Lipinski definition) is 3. The molecule has 0 saturated carbocycles. The van der Waals surface area contributed by atoms with E-state index in [0.717, 1.165) is 28.6 Å². The summed E-state index contributed by atoms with van der Waals surface area (Å²) in [6, 6.07) is 11.4. The molecule has 0 atom stereocenters. The normalized spacial score (nSPS) is 11.6. The van der Waals surface area contributed by atoms with Crippen LogP contribution in [0.4, 0.5) is 5.69 Å². The summed E-state index contributed by atoms with van der Waals surface area (Å²) in [7, 11) is -3.83. The second-order valence-electron chi connectivity index (χ2n) is 7.29. The van der Waals surface area contributed by atoms with E-state index in [1.165, 1.54) is 35.1 Å². The Labute approximate surface area is 193 Å². The first-order valence-corrected chi connectivity index (χ1v) is 12.3. The minimum Gasteiger partial charge on any atom is -0.325 e. The first kappa shape index (κ1) is 22.7. The van der Waals surface area contributed by atoms with Crippen molar-refractivity contribution in [3.63, 3.8) is 0 Å². The lowest BCUT2D eigenvalue weighted by atomic mass is 10.1. The molecule has 0 aliphatic rings. The van der Waals surface area contributed by atoms with E-state index in [0.29, 0.717) is 5.69 Å². The Morgan fingerprint density at radius 2 is 1.91 bits per heavy atom. The molecule has 10 nitrogen and oxygen atoms in total. The number of fused-ring (bicyclic) bond motifs is 1. The van der Waals surface area contributed by atoms with Crippen LogP contribution in [-0.4, -0.2) is 39.8 Å². The lowest BCUT2D eigenvalue weighted by molar-refractivity contribution is -0.113. The third-order valence-corrected chi connectivity index (χ3v) is 6.85. The molecule has 4 aromatic rings. The molecule has 2 aromatic carbocycles. The lowest BCUT2D eigenvalue weighted by Gasteiger charge is -2.10. The van der Waals surface area contributed by atoms with Gasteiger partial charge in [-0.1, -0.05) is 23.9 Å². The van der Waals surface area contributed by atoms with Crippen LogP contribution >= 0.6 is 11.8 Å². The molecule has 170 valence electrons. The minimum absolute atomic E-state index is 0.0407. The van der Waals surface area contributed by atoms with Gasteiger partial charge in [-0.2, -0.15) is 5.10 Å². The summed E-state index contributed by atoms with van der Waals surface area (Å²) in [6.45, 7) is 3.90. The highest BCUT2D eigenvalue weighted by Crippen LogP contribution is 2.21. The number of hydrogen-bond acceptors (Lipinski definition) is 7. The van der Waals surface area contributed by atoms with E-state index >= 15 is 0 Å². The lowest BCUT2D eigenvalue weighted by Crippen LogP contribution is -2.16. The summed E-state index contributed by atoms with van der Waals surface area (Å²) in [5.41, 5.74) is 3.17. The number of anilines is 1. The second kappa shape index (κ2) is 8.81. The molecule has 33 heavy (non-hydrogen) atoms. The van der Waals surface area contributed by atoms with Crippen molar-refractivity contribution in [1.29, 1.82) is 0 Å². The highest BCUT2D eigenvalue weighted by Gasteiger charge is 2.15. The molecule has 0 spiro atoms. The average Bonchev–Trinajstić information content (AvgIpc) is 3.20. The Kier molecular flexibility index (Phi) is 6.06. The number of carbonyl (C=O) groups excluding carboxylic acids is 1. The number of H-pyrrole nitrogens is 1. The van der Waals surface area contributed by atoms with Crippen molar-refractivity contribution in [2.45, 2.75) is 23.9 Å². The fraction of sp³-hybridized carbons (Fsp3) is 0.143. The van der Waals surface area contributed by atoms with E-state index in [9.17, 15) is 18.0 Å². The number of carbonyl (C=O) groups is 1. The van der Waals surface area contributed by atoms with Crippen molar-refractivity contribution in [2.75, 3.05) is 11.1 Å². The first-order valence-electron chi connectivity index (χ1n) is 9.73. The van der Waals surface area contributed by atoms with E-state index in [-0.39, 0.29) is 32.7 Å². The topological polar surface area (TPSA) is 153 Å². The number of nitrogens with two attached hydrogens (primary N) is 1. The number of primary sulfonamides is 1. The van der Waals surface area contributed by atoms with Gasteiger partial charge < -0.3 is 10.3 Å². The van der Waals surface area contributed by atoms with Crippen molar-refractivity contribution in [2.24, 2.45) is 5.14 Å². The molecule has 0 aliphatic heterocycles. The Balaban J connectivity index is 1.56. The zero-order valence-corrected chi connectivity index (χ0v) is 19.3. The zero-order chi connectivity index (χ0) is 23.8. The monoisotopic (exact) mass is 484 g/mol. The number of sulfonamides is 1. The van der Waals surface area contributed by atoms with Crippen LogP contribution in [0.1, 0.15) is 11.1 Å². The SMILES string of the molecule is Cc1cccc(NC(=O)CSc2nc3c(cnn3-c3ccc(S(N)(=O)=O)cc3)c(=O)[nH]2)c1C. The molecule has 2 heterocycles. The smallest absolute Gasteiger partial charge is 0.262 e. The fourth-order valence-corrected chi connectivity index (χ4v) is 4.31. The van der Waals surface area contributed by atoms with Crippen LogP contribution in [0.25, 0.3) is 16.7 Å². The molecule has 4 N–H and O–H groups in total. The molecule has 4 rings (SSSR count). The Bertz CT molecular complexity index is 1520. The van der Waals surface area contributed by atoms with Gasteiger partial charge in [0, 0.05) is 5.69 Å². The third-order valence-electron chi connectivity index (χ3n) is 5.04. The molecular formula is C21H20N6O4S2. The first-order chi connectivity index (χ1) is 15.6. The second-order valence-corrected chi connectivity index (χ2v) is 9.81. The summed E-state index contributed by atoms with van der Waals surface area (Å²) in [5.74, 6) is -0.192. The van der Waals surface area contributed by atoms with Gasteiger partial charge in [-0.15, -0.1) is 0 Å². The fourth-order valence-electron chi connectivity index (χ4n) is 3.14. The van der Waals surface area contributed by atoms with E-state index < -0.39 is 15.6 Å². The van der Waals surface area contributed by atoms with E-state index in [1.807, 2.05) is 32.0 Å². The summed E-state index contributed by atoms with van der Waals surface area (Å²) in [5, 5.41) is 12.7. The van der Waals surface area contributed by atoms with Gasteiger partial charge in [-0.25, -0.2) is 23.2 Å². The molecule has 1 amide bonds. The van der Waals surface area contributed by atoms with Gasteiger partial charge in [-0.3, -0.25) is 9.59 Å². The van der Waals surface area contributed by atoms with Gasteiger partial charge >= 0.3 is 0 Å². The van der Waals surface area contributed by atoms with Crippen LogP contribution < -0.4 is 16.0 Å².